The summed E-state index contributed by atoms with van der Waals surface area (Å²) in [6.45, 7) is 1.31. The fourth-order valence-electron chi connectivity index (χ4n) is 2.69. The summed E-state index contributed by atoms with van der Waals surface area (Å²) in [5, 5.41) is 3.92. The summed E-state index contributed by atoms with van der Waals surface area (Å²) < 4.78 is 37.1. The molecule has 9 heteroatoms. The van der Waals surface area contributed by atoms with Gasteiger partial charge >= 0.3 is 0 Å². The maximum atomic E-state index is 12.7. The predicted molar refractivity (Wildman–Crippen MR) is 104 cm³/mol. The highest BCUT2D eigenvalue weighted by Gasteiger charge is 2.26. The van der Waals surface area contributed by atoms with Crippen LogP contribution in [0, 0.1) is 0 Å². The van der Waals surface area contributed by atoms with Crippen molar-refractivity contribution in [3.05, 3.63) is 59.7 Å². The Hall–Kier alpha value is -2.75. The van der Waals surface area contributed by atoms with Gasteiger partial charge in [0.05, 0.1) is 31.4 Å². The molecule has 28 heavy (non-hydrogen) atoms. The van der Waals surface area contributed by atoms with Crippen LogP contribution in [-0.2, 0) is 14.8 Å². The highest BCUT2D eigenvalue weighted by Crippen LogP contribution is 2.18. The van der Waals surface area contributed by atoms with E-state index < -0.39 is 15.9 Å². The molecule has 0 atom stereocenters. The van der Waals surface area contributed by atoms with Gasteiger partial charge in [0.15, 0.2) is 0 Å². The van der Waals surface area contributed by atoms with E-state index in [1.807, 2.05) is 12.1 Å². The summed E-state index contributed by atoms with van der Waals surface area (Å²) in [4.78, 5) is 12.4. The van der Waals surface area contributed by atoms with Gasteiger partial charge in [-0.2, -0.15) is 9.41 Å². The number of rotatable bonds is 6. The smallest absolute Gasteiger partial charge is 0.271 e. The molecule has 2 aromatic carbocycles. The summed E-state index contributed by atoms with van der Waals surface area (Å²) in [6.07, 6.45) is 1.48. The second-order valence-corrected chi connectivity index (χ2v) is 7.96. The minimum absolute atomic E-state index is 0.0684. The van der Waals surface area contributed by atoms with E-state index in [2.05, 4.69) is 10.5 Å². The van der Waals surface area contributed by atoms with E-state index in [0.717, 1.165) is 5.56 Å². The molecule has 1 fully saturated rings. The minimum atomic E-state index is -3.67. The molecule has 1 N–H and O–H groups in total. The highest BCUT2D eigenvalue weighted by molar-refractivity contribution is 7.89. The Morgan fingerprint density at radius 1 is 1.18 bits per heavy atom. The molecule has 0 radical (unpaired) electrons. The van der Waals surface area contributed by atoms with E-state index in [1.165, 1.54) is 34.8 Å². The molecule has 3 rings (SSSR count). The van der Waals surface area contributed by atoms with Gasteiger partial charge in [-0.05, 0) is 35.9 Å². The number of carbonyl (C=O) groups is 1. The second-order valence-electron chi connectivity index (χ2n) is 6.02. The molecule has 0 spiro atoms. The van der Waals surface area contributed by atoms with Crippen molar-refractivity contribution in [1.29, 1.82) is 0 Å². The van der Waals surface area contributed by atoms with E-state index in [9.17, 15) is 13.2 Å². The van der Waals surface area contributed by atoms with Crippen molar-refractivity contribution in [2.75, 3.05) is 33.4 Å². The number of morpholine rings is 1. The number of carbonyl (C=O) groups excluding carboxylic acids is 1. The maximum absolute atomic E-state index is 12.7. The van der Waals surface area contributed by atoms with Crippen LogP contribution >= 0.6 is 0 Å². The zero-order valence-corrected chi connectivity index (χ0v) is 16.2. The zero-order valence-electron chi connectivity index (χ0n) is 15.4. The first-order chi connectivity index (χ1) is 13.5. The van der Waals surface area contributed by atoms with Gasteiger partial charge in [0, 0.05) is 18.7 Å². The van der Waals surface area contributed by atoms with Crippen molar-refractivity contribution in [2.45, 2.75) is 4.90 Å². The van der Waals surface area contributed by atoms with Crippen LogP contribution in [0.4, 0.5) is 0 Å². The van der Waals surface area contributed by atoms with Crippen LogP contribution in [0.25, 0.3) is 0 Å². The Morgan fingerprint density at radius 2 is 1.93 bits per heavy atom. The van der Waals surface area contributed by atoms with Crippen LogP contribution in [0.15, 0.2) is 58.5 Å². The van der Waals surface area contributed by atoms with Crippen molar-refractivity contribution >= 4 is 22.1 Å². The molecule has 0 unspecified atom stereocenters. The number of benzene rings is 2. The topological polar surface area (TPSA) is 97.3 Å². The molecule has 2 aromatic rings. The van der Waals surface area contributed by atoms with E-state index >= 15 is 0 Å². The number of hydrogen-bond donors (Lipinski definition) is 1. The number of hydrogen-bond acceptors (Lipinski definition) is 6. The molecule has 1 heterocycles. The van der Waals surface area contributed by atoms with Crippen LogP contribution in [0.1, 0.15) is 15.9 Å². The minimum Gasteiger partial charge on any atom is -0.497 e. The third kappa shape index (κ3) is 4.75. The fraction of sp³-hybridized carbons (Fsp3) is 0.263. The SMILES string of the molecule is COc1cccc(C=NNC(=O)c2cccc(S(=O)(=O)N3CCOCC3)c2)c1. The second kappa shape index (κ2) is 8.96. The molecule has 0 aromatic heterocycles. The molecule has 1 aliphatic rings. The van der Waals surface area contributed by atoms with Crippen molar-refractivity contribution in [3.8, 4) is 5.75 Å². The molecule has 148 valence electrons. The van der Waals surface area contributed by atoms with Crippen molar-refractivity contribution in [1.82, 2.24) is 9.73 Å². The Labute approximate surface area is 163 Å². The van der Waals surface area contributed by atoms with Crippen LogP contribution in [0.2, 0.25) is 0 Å². The Balaban J connectivity index is 1.70. The van der Waals surface area contributed by atoms with Crippen LogP contribution < -0.4 is 10.2 Å². The highest BCUT2D eigenvalue weighted by atomic mass is 32.2. The lowest BCUT2D eigenvalue weighted by Crippen LogP contribution is -2.40. The molecular formula is C19H21N3O5S. The fourth-order valence-corrected chi connectivity index (χ4v) is 4.14. The summed E-state index contributed by atoms with van der Waals surface area (Å²) in [5.41, 5.74) is 3.36. The maximum Gasteiger partial charge on any atom is 0.271 e. The first kappa shape index (κ1) is 20.0. The first-order valence-corrected chi connectivity index (χ1v) is 10.1. The largest absolute Gasteiger partial charge is 0.497 e. The number of amides is 1. The van der Waals surface area contributed by atoms with Gasteiger partial charge in [-0.1, -0.05) is 18.2 Å². The van der Waals surface area contributed by atoms with Crippen LogP contribution in [-0.4, -0.2) is 58.3 Å². The number of nitrogens with zero attached hydrogens (tertiary/aromatic N) is 2. The zero-order chi connectivity index (χ0) is 20.0. The van der Waals surface area contributed by atoms with E-state index in [1.54, 1.807) is 19.2 Å². The van der Waals surface area contributed by atoms with Crippen molar-refractivity contribution < 1.29 is 22.7 Å². The molecule has 1 saturated heterocycles. The first-order valence-electron chi connectivity index (χ1n) is 8.66. The quantitative estimate of drug-likeness (QED) is 0.582. The molecule has 0 saturated carbocycles. The number of nitrogens with one attached hydrogen (secondary N) is 1. The van der Waals surface area contributed by atoms with Gasteiger partial charge in [0.25, 0.3) is 5.91 Å². The van der Waals surface area contributed by atoms with E-state index in [4.69, 9.17) is 9.47 Å². The van der Waals surface area contributed by atoms with Gasteiger partial charge in [0.1, 0.15) is 5.75 Å². The molecular weight excluding hydrogens is 382 g/mol. The normalized spacial score (nSPS) is 15.5. The van der Waals surface area contributed by atoms with Gasteiger partial charge in [-0.15, -0.1) is 0 Å². The summed E-state index contributed by atoms with van der Waals surface area (Å²) in [7, 11) is -2.10. The lowest BCUT2D eigenvalue weighted by molar-refractivity contribution is 0.0730. The van der Waals surface area contributed by atoms with Crippen molar-refractivity contribution in [2.24, 2.45) is 5.10 Å². The number of sulfonamides is 1. The number of methoxy groups -OCH3 is 1. The Bertz CT molecular complexity index is 969. The summed E-state index contributed by atoms with van der Waals surface area (Å²) >= 11 is 0. The Morgan fingerprint density at radius 3 is 2.68 bits per heavy atom. The molecule has 1 amide bonds. The molecule has 1 aliphatic heterocycles. The van der Waals surface area contributed by atoms with Gasteiger partial charge in [-0.3, -0.25) is 4.79 Å². The van der Waals surface area contributed by atoms with E-state index in [0.29, 0.717) is 32.1 Å². The van der Waals surface area contributed by atoms with Gasteiger partial charge in [-0.25, -0.2) is 13.8 Å². The third-order valence-electron chi connectivity index (χ3n) is 4.18. The third-order valence-corrected chi connectivity index (χ3v) is 6.07. The lowest BCUT2D eigenvalue weighted by Gasteiger charge is -2.26. The van der Waals surface area contributed by atoms with Gasteiger partial charge < -0.3 is 9.47 Å². The standard InChI is InChI=1S/C19H21N3O5S/c1-26-17-6-2-4-15(12-17)14-20-21-19(23)16-5-3-7-18(13-16)28(24,25)22-8-10-27-11-9-22/h2-7,12-14H,8-11H2,1H3,(H,21,23). The summed E-state index contributed by atoms with van der Waals surface area (Å²) in [5.74, 6) is 0.175. The van der Waals surface area contributed by atoms with Crippen LogP contribution in [0.5, 0.6) is 5.75 Å². The Kier molecular flexibility index (Phi) is 6.40. The summed E-state index contributed by atoms with van der Waals surface area (Å²) in [6, 6.07) is 13.1. The number of hydrazone groups is 1. The monoisotopic (exact) mass is 403 g/mol. The predicted octanol–water partition coefficient (Wildman–Crippen LogP) is 1.48. The average Bonchev–Trinajstić information content (AvgIpc) is 2.74. The van der Waals surface area contributed by atoms with Gasteiger partial charge in [0.2, 0.25) is 10.0 Å². The average molecular weight is 403 g/mol. The van der Waals surface area contributed by atoms with E-state index in [-0.39, 0.29) is 10.5 Å². The molecule has 0 bridgehead atoms. The number of ether oxygens (including phenoxy) is 2. The van der Waals surface area contributed by atoms with Crippen LogP contribution in [0.3, 0.4) is 0 Å². The van der Waals surface area contributed by atoms with Crippen molar-refractivity contribution in [3.63, 3.8) is 0 Å². The molecule has 0 aliphatic carbocycles. The lowest BCUT2D eigenvalue weighted by atomic mass is 10.2. The molecule has 8 nitrogen and oxygen atoms in total.